The van der Waals surface area contributed by atoms with Crippen LogP contribution >= 0.6 is 0 Å². The molecule has 0 unspecified atom stereocenters. The van der Waals surface area contributed by atoms with Crippen molar-refractivity contribution >= 4 is 21.8 Å². The molecule has 0 saturated carbocycles. The second-order valence-electron chi connectivity index (χ2n) is 5.00. The summed E-state index contributed by atoms with van der Waals surface area (Å²) >= 11 is 0. The van der Waals surface area contributed by atoms with E-state index in [1.807, 2.05) is 6.92 Å². The Morgan fingerprint density at radius 2 is 1.67 bits per heavy atom. The summed E-state index contributed by atoms with van der Waals surface area (Å²) in [6.07, 6.45) is 1.11. The normalized spacial score (nSPS) is 11.1. The molecule has 0 bridgehead atoms. The van der Waals surface area contributed by atoms with E-state index in [0.29, 0.717) is 32.6 Å². The number of nitrogens with two attached hydrogens (primary N) is 1. The van der Waals surface area contributed by atoms with Crippen molar-refractivity contribution in [3.63, 3.8) is 0 Å². The summed E-state index contributed by atoms with van der Waals surface area (Å²) in [5.74, 6) is -1.39. The highest BCUT2D eigenvalue weighted by Gasteiger charge is 2.12. The first-order chi connectivity index (χ1) is 11.3. The molecular weight excluding hydrogens is 334 g/mol. The van der Waals surface area contributed by atoms with Gasteiger partial charge in [0.2, 0.25) is 10.0 Å². The summed E-state index contributed by atoms with van der Waals surface area (Å²) in [4.78, 5) is 23.1. The van der Waals surface area contributed by atoms with Crippen LogP contribution in [0.25, 0.3) is 0 Å². The van der Waals surface area contributed by atoms with Gasteiger partial charge in [-0.25, -0.2) is 13.6 Å². The molecule has 0 saturated heterocycles. The molecule has 0 spiro atoms. The van der Waals surface area contributed by atoms with Crippen LogP contribution in [0.3, 0.4) is 0 Å². The molecule has 2 amide bonds. The predicted octanol–water partition coefficient (Wildman–Crippen LogP) is -0.464. The van der Waals surface area contributed by atoms with Gasteiger partial charge in [0, 0.05) is 26.3 Å². The van der Waals surface area contributed by atoms with Crippen LogP contribution in [0.1, 0.15) is 18.9 Å². The third-order valence-electron chi connectivity index (χ3n) is 3.11. The first kappa shape index (κ1) is 20.1. The van der Waals surface area contributed by atoms with Crippen molar-refractivity contribution < 1.29 is 22.7 Å². The first-order valence-corrected chi connectivity index (χ1v) is 9.14. The molecule has 0 aliphatic carbocycles. The highest BCUT2D eigenvalue weighted by atomic mass is 32.2. The summed E-state index contributed by atoms with van der Waals surface area (Å²) < 4.78 is 27.4. The summed E-state index contributed by atoms with van der Waals surface area (Å²) in [6, 6.07) is 6.02. The third-order valence-corrected chi connectivity index (χ3v) is 4.04. The minimum Gasteiger partial charge on any atom is -0.382 e. The molecule has 0 fully saturated rings. The van der Waals surface area contributed by atoms with Gasteiger partial charge in [0.15, 0.2) is 0 Å². The van der Waals surface area contributed by atoms with Gasteiger partial charge in [-0.05, 0) is 37.5 Å². The molecule has 1 rings (SSSR count). The van der Waals surface area contributed by atoms with Crippen molar-refractivity contribution in [2.45, 2.75) is 24.7 Å². The molecule has 0 radical (unpaired) electrons. The zero-order chi connectivity index (χ0) is 18.0. The Morgan fingerprint density at radius 1 is 1.08 bits per heavy atom. The van der Waals surface area contributed by atoms with Gasteiger partial charge in [-0.3, -0.25) is 9.59 Å². The van der Waals surface area contributed by atoms with Crippen LogP contribution in [-0.4, -0.2) is 46.5 Å². The topological polar surface area (TPSA) is 128 Å². The Bertz CT molecular complexity index is 644. The molecule has 0 heterocycles. The van der Waals surface area contributed by atoms with E-state index in [0.717, 1.165) is 5.56 Å². The van der Waals surface area contributed by atoms with Crippen LogP contribution in [0.2, 0.25) is 0 Å². The van der Waals surface area contributed by atoms with Gasteiger partial charge >= 0.3 is 11.8 Å². The van der Waals surface area contributed by atoms with Crippen LogP contribution in [0.4, 0.5) is 0 Å². The summed E-state index contributed by atoms with van der Waals surface area (Å²) in [7, 11) is -3.71. The minimum atomic E-state index is -3.71. The number of hydrogen-bond acceptors (Lipinski definition) is 5. The number of ether oxygens (including phenoxy) is 1. The lowest BCUT2D eigenvalue weighted by molar-refractivity contribution is -0.139. The van der Waals surface area contributed by atoms with Crippen LogP contribution < -0.4 is 15.8 Å². The molecule has 9 heteroatoms. The van der Waals surface area contributed by atoms with Crippen molar-refractivity contribution in [1.82, 2.24) is 10.6 Å². The van der Waals surface area contributed by atoms with E-state index < -0.39 is 21.8 Å². The van der Waals surface area contributed by atoms with E-state index >= 15 is 0 Å². The van der Waals surface area contributed by atoms with Crippen molar-refractivity contribution in [1.29, 1.82) is 0 Å². The van der Waals surface area contributed by atoms with E-state index in [2.05, 4.69) is 10.6 Å². The van der Waals surface area contributed by atoms with Gasteiger partial charge in [-0.1, -0.05) is 12.1 Å². The quantitative estimate of drug-likeness (QED) is 0.407. The summed E-state index contributed by atoms with van der Waals surface area (Å²) in [5.41, 5.74) is 0.819. The molecule has 0 aliphatic heterocycles. The highest BCUT2D eigenvalue weighted by Crippen LogP contribution is 2.08. The maximum atomic E-state index is 11.6. The van der Waals surface area contributed by atoms with Crippen LogP contribution in [0.5, 0.6) is 0 Å². The zero-order valence-corrected chi connectivity index (χ0v) is 14.4. The van der Waals surface area contributed by atoms with E-state index in [9.17, 15) is 18.0 Å². The number of nitrogens with one attached hydrogen (secondary N) is 2. The fourth-order valence-electron chi connectivity index (χ4n) is 1.85. The van der Waals surface area contributed by atoms with Crippen molar-refractivity contribution in [2.24, 2.45) is 5.14 Å². The fourth-order valence-corrected chi connectivity index (χ4v) is 2.36. The molecule has 0 aliphatic rings. The number of hydrogen-bond donors (Lipinski definition) is 3. The smallest absolute Gasteiger partial charge is 0.309 e. The van der Waals surface area contributed by atoms with E-state index in [1.165, 1.54) is 12.1 Å². The number of rotatable bonds is 9. The SMILES string of the molecule is CCOCCCNC(=O)C(=O)NCCc1ccc(S(N)(=O)=O)cc1. The van der Waals surface area contributed by atoms with Gasteiger partial charge in [0.25, 0.3) is 0 Å². The molecule has 0 aromatic heterocycles. The number of primary sulfonamides is 1. The summed E-state index contributed by atoms with van der Waals surface area (Å²) in [5, 5.41) is 10.0. The fraction of sp³-hybridized carbons (Fsp3) is 0.467. The van der Waals surface area contributed by atoms with Crippen molar-refractivity contribution in [3.8, 4) is 0 Å². The monoisotopic (exact) mass is 357 g/mol. The number of sulfonamides is 1. The van der Waals surface area contributed by atoms with Crippen LogP contribution in [-0.2, 0) is 30.8 Å². The number of benzene rings is 1. The molecule has 0 atom stereocenters. The second kappa shape index (κ2) is 10.0. The Morgan fingerprint density at radius 3 is 2.21 bits per heavy atom. The highest BCUT2D eigenvalue weighted by molar-refractivity contribution is 7.89. The Balaban J connectivity index is 2.28. The van der Waals surface area contributed by atoms with Crippen molar-refractivity contribution in [2.75, 3.05) is 26.3 Å². The lowest BCUT2D eigenvalue weighted by atomic mass is 10.1. The van der Waals surface area contributed by atoms with Gasteiger partial charge < -0.3 is 15.4 Å². The number of carbonyl (C=O) groups excluding carboxylic acids is 2. The molecule has 4 N–H and O–H groups in total. The van der Waals surface area contributed by atoms with Crippen LogP contribution in [0.15, 0.2) is 29.2 Å². The number of amides is 2. The van der Waals surface area contributed by atoms with Gasteiger partial charge in [-0.2, -0.15) is 0 Å². The van der Waals surface area contributed by atoms with E-state index in [-0.39, 0.29) is 11.4 Å². The van der Waals surface area contributed by atoms with Gasteiger partial charge in [0.1, 0.15) is 0 Å². The average Bonchev–Trinajstić information content (AvgIpc) is 2.54. The lowest BCUT2D eigenvalue weighted by Crippen LogP contribution is -2.41. The van der Waals surface area contributed by atoms with Gasteiger partial charge in [0.05, 0.1) is 4.90 Å². The standard InChI is InChI=1S/C15H23N3O5S/c1-2-23-11-3-9-17-14(19)15(20)18-10-8-12-4-6-13(7-5-12)24(16,21)22/h4-7H,2-3,8-11H2,1H3,(H,17,19)(H,18,20)(H2,16,21,22). The Labute approximate surface area is 141 Å². The third kappa shape index (κ3) is 7.53. The Kier molecular flexibility index (Phi) is 8.37. The van der Waals surface area contributed by atoms with Gasteiger partial charge in [-0.15, -0.1) is 0 Å². The molecule has 24 heavy (non-hydrogen) atoms. The van der Waals surface area contributed by atoms with Crippen LogP contribution in [0, 0.1) is 0 Å². The molecule has 8 nitrogen and oxygen atoms in total. The van der Waals surface area contributed by atoms with Crippen molar-refractivity contribution in [3.05, 3.63) is 29.8 Å². The summed E-state index contributed by atoms with van der Waals surface area (Å²) in [6.45, 7) is 3.68. The lowest BCUT2D eigenvalue weighted by Gasteiger charge is -2.07. The average molecular weight is 357 g/mol. The maximum absolute atomic E-state index is 11.6. The largest absolute Gasteiger partial charge is 0.382 e. The first-order valence-electron chi connectivity index (χ1n) is 7.60. The molecular formula is C15H23N3O5S. The molecule has 134 valence electrons. The molecule has 1 aromatic rings. The second-order valence-corrected chi connectivity index (χ2v) is 6.56. The van der Waals surface area contributed by atoms with E-state index in [1.54, 1.807) is 12.1 Å². The molecule has 1 aromatic carbocycles. The Hall–Kier alpha value is -1.97. The van der Waals surface area contributed by atoms with E-state index in [4.69, 9.17) is 9.88 Å². The number of carbonyl (C=O) groups is 2. The predicted molar refractivity (Wildman–Crippen MR) is 88.6 cm³/mol. The maximum Gasteiger partial charge on any atom is 0.309 e. The minimum absolute atomic E-state index is 0.0294. The zero-order valence-electron chi connectivity index (χ0n) is 13.6.